The zero-order chi connectivity index (χ0) is 18.5. The second kappa shape index (κ2) is 7.64. The van der Waals surface area contributed by atoms with Crippen LogP contribution in [0.25, 0.3) is 0 Å². The highest BCUT2D eigenvalue weighted by molar-refractivity contribution is 6.04. The van der Waals surface area contributed by atoms with Crippen molar-refractivity contribution in [2.24, 2.45) is 5.10 Å². The molecule has 1 N–H and O–H groups in total. The molecular formula is C18H17N3O5. The third kappa shape index (κ3) is 3.80. The number of nitro groups is 1. The quantitative estimate of drug-likeness (QED) is 0.656. The lowest BCUT2D eigenvalue weighted by Gasteiger charge is -2.19. The molecule has 0 aromatic heterocycles. The fourth-order valence-electron chi connectivity index (χ4n) is 2.50. The van der Waals surface area contributed by atoms with Crippen LogP contribution >= 0.6 is 0 Å². The summed E-state index contributed by atoms with van der Waals surface area (Å²) in [5, 5.41) is 15.2. The number of nitro benzene ring substituents is 1. The van der Waals surface area contributed by atoms with Gasteiger partial charge in [0, 0.05) is 18.1 Å². The van der Waals surface area contributed by atoms with Gasteiger partial charge < -0.3 is 9.47 Å². The zero-order valence-corrected chi connectivity index (χ0v) is 14.0. The number of hydrogen-bond donors (Lipinski definition) is 1. The molecule has 134 valence electrons. The van der Waals surface area contributed by atoms with Gasteiger partial charge in [-0.1, -0.05) is 24.3 Å². The Labute approximate surface area is 149 Å². The SMILES string of the molecule is C[C@@H](Oc1ccccc1[N+](=O)[O-])C(=O)NN=C1CCOc2ccccc21. The van der Waals surface area contributed by atoms with E-state index in [1.165, 1.54) is 25.1 Å². The number of benzene rings is 2. The Morgan fingerprint density at radius 2 is 2.00 bits per heavy atom. The van der Waals surface area contributed by atoms with Gasteiger partial charge in [-0.3, -0.25) is 14.9 Å². The minimum absolute atomic E-state index is 0.0317. The van der Waals surface area contributed by atoms with Crippen LogP contribution in [0.1, 0.15) is 18.9 Å². The van der Waals surface area contributed by atoms with Gasteiger partial charge in [0.1, 0.15) is 5.75 Å². The predicted octanol–water partition coefficient (Wildman–Crippen LogP) is 2.67. The fourth-order valence-corrected chi connectivity index (χ4v) is 2.50. The first-order valence-corrected chi connectivity index (χ1v) is 8.05. The van der Waals surface area contributed by atoms with E-state index < -0.39 is 16.9 Å². The first-order chi connectivity index (χ1) is 12.6. The summed E-state index contributed by atoms with van der Waals surface area (Å²) < 4.78 is 11.0. The number of nitrogens with zero attached hydrogens (tertiary/aromatic N) is 2. The van der Waals surface area contributed by atoms with Gasteiger partial charge in [-0.2, -0.15) is 5.10 Å². The molecule has 0 spiro atoms. The molecule has 0 saturated carbocycles. The molecule has 1 aliphatic rings. The molecule has 1 heterocycles. The summed E-state index contributed by atoms with van der Waals surface area (Å²) >= 11 is 0. The third-order valence-corrected chi connectivity index (χ3v) is 3.83. The highest BCUT2D eigenvalue weighted by Crippen LogP contribution is 2.27. The molecule has 0 radical (unpaired) electrons. The van der Waals surface area contributed by atoms with Crippen molar-refractivity contribution in [3.8, 4) is 11.5 Å². The Bertz CT molecular complexity index is 865. The molecule has 8 heteroatoms. The standard InChI is InChI=1S/C18H17N3O5/c1-12(26-17-9-5-3-7-15(17)21(23)24)18(22)20-19-14-10-11-25-16-8-4-2-6-13(14)16/h2-9,12H,10-11H2,1H3,(H,20,22)/t12-/m1/s1. The number of rotatable bonds is 5. The molecular weight excluding hydrogens is 338 g/mol. The van der Waals surface area contributed by atoms with Crippen LogP contribution in [0.4, 0.5) is 5.69 Å². The Balaban J connectivity index is 1.69. The molecule has 26 heavy (non-hydrogen) atoms. The second-order valence-electron chi connectivity index (χ2n) is 5.61. The largest absolute Gasteiger partial charge is 0.492 e. The van der Waals surface area contributed by atoms with Crippen LogP contribution in [0, 0.1) is 10.1 Å². The van der Waals surface area contributed by atoms with Crippen LogP contribution in [0.15, 0.2) is 53.6 Å². The van der Waals surface area contributed by atoms with E-state index in [0.29, 0.717) is 18.7 Å². The molecule has 1 atom stereocenters. The smallest absolute Gasteiger partial charge is 0.310 e. The number of fused-ring (bicyclic) bond motifs is 1. The summed E-state index contributed by atoms with van der Waals surface area (Å²) in [7, 11) is 0. The van der Waals surface area contributed by atoms with Crippen molar-refractivity contribution in [2.45, 2.75) is 19.4 Å². The molecule has 2 aromatic rings. The van der Waals surface area contributed by atoms with E-state index in [4.69, 9.17) is 9.47 Å². The summed E-state index contributed by atoms with van der Waals surface area (Å²) in [5.41, 5.74) is 3.80. The minimum atomic E-state index is -0.949. The Kier molecular flexibility index (Phi) is 5.12. The van der Waals surface area contributed by atoms with Gasteiger partial charge >= 0.3 is 5.69 Å². The summed E-state index contributed by atoms with van der Waals surface area (Å²) in [5.74, 6) is 0.250. The van der Waals surface area contributed by atoms with Gasteiger partial charge in [-0.05, 0) is 25.1 Å². The first kappa shape index (κ1) is 17.4. The molecule has 0 unspecified atom stereocenters. The number of hydrazone groups is 1. The normalized spacial score (nSPS) is 15.5. The van der Waals surface area contributed by atoms with E-state index in [-0.39, 0.29) is 11.4 Å². The first-order valence-electron chi connectivity index (χ1n) is 8.05. The van der Waals surface area contributed by atoms with Gasteiger partial charge in [0.25, 0.3) is 5.91 Å². The average molecular weight is 355 g/mol. The van der Waals surface area contributed by atoms with Crippen molar-refractivity contribution >= 4 is 17.3 Å². The molecule has 1 aliphatic heterocycles. The summed E-state index contributed by atoms with van der Waals surface area (Å²) in [6.45, 7) is 1.98. The fraction of sp³-hybridized carbons (Fsp3) is 0.222. The number of carbonyl (C=O) groups excluding carboxylic acids is 1. The Morgan fingerprint density at radius 1 is 1.27 bits per heavy atom. The Hall–Kier alpha value is -3.42. The van der Waals surface area contributed by atoms with Gasteiger partial charge in [-0.25, -0.2) is 5.43 Å². The van der Waals surface area contributed by atoms with E-state index >= 15 is 0 Å². The highest BCUT2D eigenvalue weighted by Gasteiger charge is 2.21. The maximum Gasteiger partial charge on any atom is 0.310 e. The molecule has 3 rings (SSSR count). The summed E-state index contributed by atoms with van der Waals surface area (Å²) in [6.07, 6.45) is -0.382. The van der Waals surface area contributed by atoms with E-state index in [2.05, 4.69) is 10.5 Å². The molecule has 0 fully saturated rings. The van der Waals surface area contributed by atoms with Crippen LogP contribution in [0.3, 0.4) is 0 Å². The second-order valence-corrected chi connectivity index (χ2v) is 5.61. The number of amides is 1. The topological polar surface area (TPSA) is 103 Å². The van der Waals surface area contributed by atoms with E-state index in [9.17, 15) is 14.9 Å². The van der Waals surface area contributed by atoms with Gasteiger partial charge in [0.05, 0.1) is 17.2 Å². The third-order valence-electron chi connectivity index (χ3n) is 3.83. The molecule has 0 saturated heterocycles. The molecule has 8 nitrogen and oxygen atoms in total. The summed E-state index contributed by atoms with van der Waals surface area (Å²) in [6, 6.07) is 13.3. The van der Waals surface area contributed by atoms with E-state index in [1.807, 2.05) is 24.3 Å². The van der Waals surface area contributed by atoms with Crippen molar-refractivity contribution < 1.29 is 19.2 Å². The van der Waals surface area contributed by atoms with Gasteiger partial charge in [-0.15, -0.1) is 0 Å². The molecule has 1 amide bonds. The predicted molar refractivity (Wildman–Crippen MR) is 94.4 cm³/mol. The maximum atomic E-state index is 12.2. The van der Waals surface area contributed by atoms with Crippen LogP contribution in [0.5, 0.6) is 11.5 Å². The van der Waals surface area contributed by atoms with Crippen LogP contribution in [-0.2, 0) is 4.79 Å². The molecule has 0 aliphatic carbocycles. The van der Waals surface area contributed by atoms with Crippen LogP contribution in [0.2, 0.25) is 0 Å². The lowest BCUT2D eigenvalue weighted by molar-refractivity contribution is -0.386. The molecule has 0 bridgehead atoms. The number of ether oxygens (including phenoxy) is 2. The monoisotopic (exact) mass is 355 g/mol. The average Bonchev–Trinajstić information content (AvgIpc) is 2.66. The van der Waals surface area contributed by atoms with Gasteiger partial charge in [0.15, 0.2) is 11.9 Å². The maximum absolute atomic E-state index is 12.2. The summed E-state index contributed by atoms with van der Waals surface area (Å²) in [4.78, 5) is 22.7. The number of nitrogens with one attached hydrogen (secondary N) is 1. The zero-order valence-electron chi connectivity index (χ0n) is 14.0. The van der Waals surface area contributed by atoms with Gasteiger partial charge in [0.2, 0.25) is 0 Å². The number of carbonyl (C=O) groups is 1. The van der Waals surface area contributed by atoms with Crippen molar-refractivity contribution in [3.63, 3.8) is 0 Å². The minimum Gasteiger partial charge on any atom is -0.492 e. The number of para-hydroxylation sites is 3. The van der Waals surface area contributed by atoms with Crippen LogP contribution in [-0.4, -0.2) is 29.3 Å². The van der Waals surface area contributed by atoms with Crippen molar-refractivity contribution in [1.82, 2.24) is 5.43 Å². The highest BCUT2D eigenvalue weighted by atomic mass is 16.6. The lowest BCUT2D eigenvalue weighted by atomic mass is 10.0. The van der Waals surface area contributed by atoms with Crippen molar-refractivity contribution in [3.05, 3.63) is 64.2 Å². The number of hydrogen-bond acceptors (Lipinski definition) is 6. The van der Waals surface area contributed by atoms with Crippen molar-refractivity contribution in [1.29, 1.82) is 0 Å². The Morgan fingerprint density at radius 3 is 2.81 bits per heavy atom. The lowest BCUT2D eigenvalue weighted by Crippen LogP contribution is -2.34. The van der Waals surface area contributed by atoms with E-state index in [1.54, 1.807) is 6.07 Å². The van der Waals surface area contributed by atoms with Crippen LogP contribution < -0.4 is 14.9 Å². The van der Waals surface area contributed by atoms with E-state index in [0.717, 1.165) is 11.3 Å². The van der Waals surface area contributed by atoms with Crippen molar-refractivity contribution in [2.75, 3.05) is 6.61 Å². The molecule has 2 aromatic carbocycles.